The van der Waals surface area contributed by atoms with Crippen molar-refractivity contribution in [3.05, 3.63) is 35.9 Å². The fraction of sp³-hybridized carbons (Fsp3) is 0.667. The van der Waals surface area contributed by atoms with E-state index in [1.165, 1.54) is 44.9 Å². The number of amides is 1. The topological polar surface area (TPSA) is 38.3 Å². The third-order valence-corrected chi connectivity index (χ3v) is 5.88. The van der Waals surface area contributed by atoms with Crippen LogP contribution in [0.5, 0.6) is 5.75 Å². The van der Waals surface area contributed by atoms with E-state index >= 15 is 0 Å². The molecule has 1 N–H and O–H groups in total. The van der Waals surface area contributed by atoms with Gasteiger partial charge in [0.2, 0.25) is 5.91 Å². The molecule has 0 spiro atoms. The lowest BCUT2D eigenvalue weighted by Crippen LogP contribution is -2.08. The third-order valence-electron chi connectivity index (χ3n) is 5.88. The van der Waals surface area contributed by atoms with Gasteiger partial charge in [-0.25, -0.2) is 0 Å². The van der Waals surface area contributed by atoms with Crippen LogP contribution in [-0.4, -0.2) is 13.0 Å². The van der Waals surface area contributed by atoms with Gasteiger partial charge in [0.1, 0.15) is 5.75 Å². The molecule has 1 aromatic rings. The second-order valence-corrected chi connectivity index (χ2v) is 9.57. The van der Waals surface area contributed by atoms with Gasteiger partial charge in [0.15, 0.2) is 0 Å². The molecule has 30 heavy (non-hydrogen) atoms. The molecule has 1 amide bonds. The van der Waals surface area contributed by atoms with Crippen molar-refractivity contribution >= 4 is 11.6 Å². The van der Waals surface area contributed by atoms with Crippen LogP contribution < -0.4 is 10.1 Å². The van der Waals surface area contributed by atoms with Crippen LogP contribution in [0.25, 0.3) is 0 Å². The van der Waals surface area contributed by atoms with Crippen molar-refractivity contribution in [3.8, 4) is 5.75 Å². The maximum atomic E-state index is 12.2. The van der Waals surface area contributed by atoms with E-state index in [-0.39, 0.29) is 5.91 Å². The number of rotatable bonds is 15. The highest BCUT2D eigenvalue weighted by molar-refractivity contribution is 5.99. The standard InChI is InChI=1S/C27H45NO2/c1-21(2)10-7-11-22(3)12-8-13-23(4)14-9-15-24(5)20-27(29)28-25-16-18-26(30-6)19-17-25/h16-23H,7-15H2,1-6H3,(H,28,29). The highest BCUT2D eigenvalue weighted by Gasteiger charge is 2.07. The Morgan fingerprint density at radius 3 is 1.97 bits per heavy atom. The fourth-order valence-corrected chi connectivity index (χ4v) is 3.86. The molecule has 0 radical (unpaired) electrons. The summed E-state index contributed by atoms with van der Waals surface area (Å²) in [5, 5.41) is 2.91. The largest absolute Gasteiger partial charge is 0.497 e. The van der Waals surface area contributed by atoms with Gasteiger partial charge in [-0.2, -0.15) is 0 Å². The van der Waals surface area contributed by atoms with Crippen molar-refractivity contribution in [2.45, 2.75) is 92.4 Å². The summed E-state index contributed by atoms with van der Waals surface area (Å²) in [6, 6.07) is 7.40. The summed E-state index contributed by atoms with van der Waals surface area (Å²) in [5.74, 6) is 3.20. The van der Waals surface area contributed by atoms with E-state index in [0.717, 1.165) is 47.6 Å². The molecule has 0 aliphatic rings. The fourth-order valence-electron chi connectivity index (χ4n) is 3.86. The summed E-state index contributed by atoms with van der Waals surface area (Å²) in [7, 11) is 1.63. The minimum atomic E-state index is -0.0582. The highest BCUT2D eigenvalue weighted by atomic mass is 16.5. The number of carbonyl (C=O) groups excluding carboxylic acids is 1. The highest BCUT2D eigenvalue weighted by Crippen LogP contribution is 2.22. The summed E-state index contributed by atoms with van der Waals surface area (Å²) >= 11 is 0. The Morgan fingerprint density at radius 2 is 1.43 bits per heavy atom. The van der Waals surface area contributed by atoms with Gasteiger partial charge in [0, 0.05) is 11.8 Å². The first kappa shape index (κ1) is 26.3. The van der Waals surface area contributed by atoms with E-state index in [0.29, 0.717) is 0 Å². The molecular weight excluding hydrogens is 370 g/mol. The number of carbonyl (C=O) groups is 1. The number of hydrogen-bond donors (Lipinski definition) is 1. The molecule has 0 heterocycles. The lowest BCUT2D eigenvalue weighted by atomic mass is 9.91. The van der Waals surface area contributed by atoms with E-state index in [4.69, 9.17) is 4.74 Å². The number of ether oxygens (including phenoxy) is 1. The molecule has 3 heteroatoms. The third kappa shape index (κ3) is 12.7. The van der Waals surface area contributed by atoms with Gasteiger partial charge < -0.3 is 10.1 Å². The first-order valence-corrected chi connectivity index (χ1v) is 11.9. The zero-order valence-electron chi connectivity index (χ0n) is 20.3. The Balaban J connectivity index is 2.17. The summed E-state index contributed by atoms with van der Waals surface area (Å²) in [6.45, 7) is 11.5. The minimum Gasteiger partial charge on any atom is -0.497 e. The van der Waals surface area contributed by atoms with Gasteiger partial charge in [-0.3, -0.25) is 4.79 Å². The van der Waals surface area contributed by atoms with Gasteiger partial charge >= 0.3 is 0 Å². The lowest BCUT2D eigenvalue weighted by molar-refractivity contribution is -0.112. The van der Waals surface area contributed by atoms with Gasteiger partial charge in [0.25, 0.3) is 0 Å². The second kappa shape index (κ2) is 15.1. The van der Waals surface area contributed by atoms with Crippen molar-refractivity contribution in [2.24, 2.45) is 17.8 Å². The first-order chi connectivity index (χ1) is 14.3. The Hall–Kier alpha value is -1.77. The molecule has 2 atom stereocenters. The summed E-state index contributed by atoms with van der Waals surface area (Å²) < 4.78 is 5.14. The van der Waals surface area contributed by atoms with Crippen LogP contribution in [0.4, 0.5) is 5.69 Å². The van der Waals surface area contributed by atoms with E-state index < -0.39 is 0 Å². The van der Waals surface area contributed by atoms with Crippen molar-refractivity contribution in [1.82, 2.24) is 0 Å². The molecule has 170 valence electrons. The zero-order valence-corrected chi connectivity index (χ0v) is 20.3. The Bertz CT molecular complexity index is 618. The molecule has 3 nitrogen and oxygen atoms in total. The Labute approximate surface area is 185 Å². The molecule has 2 unspecified atom stereocenters. The summed E-state index contributed by atoms with van der Waals surface area (Å²) in [5.41, 5.74) is 1.93. The average molecular weight is 416 g/mol. The Morgan fingerprint density at radius 1 is 0.900 bits per heavy atom. The number of anilines is 1. The second-order valence-electron chi connectivity index (χ2n) is 9.57. The predicted octanol–water partition coefficient (Wildman–Crippen LogP) is 8.02. The lowest BCUT2D eigenvalue weighted by Gasteiger charge is -2.15. The van der Waals surface area contributed by atoms with Crippen molar-refractivity contribution in [2.75, 3.05) is 12.4 Å². The molecule has 0 bridgehead atoms. The molecule has 0 aliphatic heterocycles. The van der Waals surface area contributed by atoms with Crippen molar-refractivity contribution in [1.29, 1.82) is 0 Å². The van der Waals surface area contributed by atoms with Crippen LogP contribution in [0.2, 0.25) is 0 Å². The van der Waals surface area contributed by atoms with Gasteiger partial charge in [-0.1, -0.05) is 78.2 Å². The van der Waals surface area contributed by atoms with Crippen molar-refractivity contribution < 1.29 is 9.53 Å². The molecule has 0 saturated heterocycles. The molecule has 1 rings (SSSR count). The SMILES string of the molecule is COc1ccc(NC(=O)C=C(C)CCCC(C)CCCC(C)CCCC(C)C)cc1. The van der Waals surface area contributed by atoms with Crippen LogP contribution >= 0.6 is 0 Å². The predicted molar refractivity (Wildman–Crippen MR) is 130 cm³/mol. The van der Waals surface area contributed by atoms with E-state index in [1.54, 1.807) is 13.2 Å². The van der Waals surface area contributed by atoms with Gasteiger partial charge in [-0.15, -0.1) is 0 Å². The number of methoxy groups -OCH3 is 1. The quantitative estimate of drug-likeness (QED) is 0.294. The van der Waals surface area contributed by atoms with E-state index in [1.807, 2.05) is 24.3 Å². The van der Waals surface area contributed by atoms with Crippen LogP contribution in [-0.2, 0) is 4.79 Å². The molecule has 0 saturated carbocycles. The monoisotopic (exact) mass is 415 g/mol. The number of allylic oxidation sites excluding steroid dienone is 1. The van der Waals surface area contributed by atoms with E-state index in [9.17, 15) is 4.79 Å². The molecular formula is C27H45NO2. The van der Waals surface area contributed by atoms with Crippen LogP contribution in [0.3, 0.4) is 0 Å². The van der Waals surface area contributed by atoms with Crippen LogP contribution in [0.15, 0.2) is 35.9 Å². The van der Waals surface area contributed by atoms with Crippen LogP contribution in [0, 0.1) is 17.8 Å². The number of hydrogen-bond acceptors (Lipinski definition) is 2. The van der Waals surface area contributed by atoms with Gasteiger partial charge in [0.05, 0.1) is 7.11 Å². The molecule has 0 aliphatic carbocycles. The first-order valence-electron chi connectivity index (χ1n) is 11.9. The summed E-state index contributed by atoms with van der Waals surface area (Å²) in [6.07, 6.45) is 13.3. The van der Waals surface area contributed by atoms with Crippen LogP contribution in [0.1, 0.15) is 92.4 Å². The Kier molecular flexibility index (Phi) is 13.2. The molecule has 1 aromatic carbocycles. The smallest absolute Gasteiger partial charge is 0.248 e. The normalized spacial score (nSPS) is 13.9. The number of benzene rings is 1. The van der Waals surface area contributed by atoms with E-state index in [2.05, 4.69) is 39.9 Å². The zero-order chi connectivity index (χ0) is 22.4. The molecule has 0 aromatic heterocycles. The maximum Gasteiger partial charge on any atom is 0.248 e. The summed E-state index contributed by atoms with van der Waals surface area (Å²) in [4.78, 5) is 12.2. The molecule has 0 fully saturated rings. The van der Waals surface area contributed by atoms with Crippen molar-refractivity contribution in [3.63, 3.8) is 0 Å². The van der Waals surface area contributed by atoms with Gasteiger partial charge in [-0.05, 0) is 61.8 Å². The maximum absolute atomic E-state index is 12.2. The minimum absolute atomic E-state index is 0.0582. The average Bonchev–Trinajstić information content (AvgIpc) is 2.68. The number of nitrogens with one attached hydrogen (secondary N) is 1.